The maximum atomic E-state index is 12.0. The second kappa shape index (κ2) is 4.62. The third-order valence-corrected chi connectivity index (χ3v) is 2.68. The third-order valence-electron chi connectivity index (χ3n) is 2.68. The predicted octanol–water partition coefficient (Wildman–Crippen LogP) is 2.92. The number of rotatable bonds is 3. The van der Waals surface area contributed by atoms with E-state index in [9.17, 15) is 4.79 Å². The van der Waals surface area contributed by atoms with Crippen LogP contribution >= 0.6 is 0 Å². The largest absolute Gasteiger partial charge is 0.360 e. The quantitative estimate of drug-likeness (QED) is 0.385. The van der Waals surface area contributed by atoms with Crippen LogP contribution in [-0.4, -0.2) is 16.8 Å². The number of aromatic nitrogens is 1. The number of azide groups is 1. The van der Waals surface area contributed by atoms with Gasteiger partial charge in [0.2, 0.25) is 0 Å². The van der Waals surface area contributed by atoms with Crippen LogP contribution in [0.15, 0.2) is 29.5 Å². The van der Waals surface area contributed by atoms with Crippen LogP contribution in [0, 0.1) is 11.3 Å². The lowest BCUT2D eigenvalue weighted by Crippen LogP contribution is -2.13. The molecular formula is C12H9N5O. The molecule has 0 fully saturated rings. The van der Waals surface area contributed by atoms with Crippen molar-refractivity contribution in [2.24, 2.45) is 5.11 Å². The summed E-state index contributed by atoms with van der Waals surface area (Å²) in [6.45, 7) is 1.54. The Kier molecular flexibility index (Phi) is 3.00. The zero-order valence-corrected chi connectivity index (χ0v) is 9.58. The Labute approximate surface area is 102 Å². The summed E-state index contributed by atoms with van der Waals surface area (Å²) in [5.74, 6) is -0.269. The molecular weight excluding hydrogens is 230 g/mol. The van der Waals surface area contributed by atoms with Gasteiger partial charge < -0.3 is 4.98 Å². The summed E-state index contributed by atoms with van der Waals surface area (Å²) in [7, 11) is 0. The fourth-order valence-electron chi connectivity index (χ4n) is 1.75. The van der Waals surface area contributed by atoms with Gasteiger partial charge in [0.15, 0.2) is 5.78 Å². The first-order chi connectivity index (χ1) is 8.67. The minimum atomic E-state index is -0.764. The van der Waals surface area contributed by atoms with Crippen LogP contribution in [0.4, 0.5) is 0 Å². The second-order valence-electron chi connectivity index (χ2n) is 3.82. The maximum absolute atomic E-state index is 12.0. The number of ketones is 1. The molecule has 6 heteroatoms. The van der Waals surface area contributed by atoms with Crippen LogP contribution in [0.5, 0.6) is 0 Å². The highest BCUT2D eigenvalue weighted by Gasteiger charge is 2.17. The molecule has 1 heterocycles. The van der Waals surface area contributed by atoms with Crippen molar-refractivity contribution in [2.45, 2.75) is 13.0 Å². The summed E-state index contributed by atoms with van der Waals surface area (Å²) >= 11 is 0. The normalized spacial score (nSPS) is 11.6. The summed E-state index contributed by atoms with van der Waals surface area (Å²) in [5.41, 5.74) is 10.0. The van der Waals surface area contributed by atoms with E-state index in [1.54, 1.807) is 24.4 Å². The summed E-state index contributed by atoms with van der Waals surface area (Å²) in [6, 6.07) is 6.31. The summed E-state index contributed by atoms with van der Waals surface area (Å²) < 4.78 is 0. The second-order valence-corrected chi connectivity index (χ2v) is 3.82. The van der Waals surface area contributed by atoms with Gasteiger partial charge >= 0.3 is 0 Å². The SMILES string of the molecule is CC(N=[N+]=[N-])C(=O)c1c[nH]c2ccc(C#N)cc12. The monoisotopic (exact) mass is 239 g/mol. The number of carbonyl (C=O) groups is 1. The number of nitrogens with one attached hydrogen (secondary N) is 1. The standard InChI is InChI=1S/C12H9N5O/c1-7(16-17-14)12(18)10-6-15-11-3-2-8(5-13)4-9(10)11/h2-4,6-7,15H,1H3. The van der Waals surface area contributed by atoms with Gasteiger partial charge in [0.1, 0.15) is 0 Å². The van der Waals surface area contributed by atoms with Crippen LogP contribution in [0.2, 0.25) is 0 Å². The third kappa shape index (κ3) is 1.90. The zero-order valence-electron chi connectivity index (χ0n) is 9.58. The van der Waals surface area contributed by atoms with E-state index in [4.69, 9.17) is 10.8 Å². The number of hydrogen-bond donors (Lipinski definition) is 1. The molecule has 0 aliphatic carbocycles. The van der Waals surface area contributed by atoms with E-state index < -0.39 is 6.04 Å². The number of aromatic amines is 1. The van der Waals surface area contributed by atoms with E-state index in [2.05, 4.69) is 15.0 Å². The molecule has 0 saturated carbocycles. The fraction of sp³-hybridized carbons (Fsp3) is 0.167. The summed E-state index contributed by atoms with van der Waals surface area (Å²) in [4.78, 5) is 17.6. The first kappa shape index (κ1) is 11.7. The first-order valence-electron chi connectivity index (χ1n) is 5.27. The maximum Gasteiger partial charge on any atom is 0.173 e. The highest BCUT2D eigenvalue weighted by molar-refractivity contribution is 6.10. The van der Waals surface area contributed by atoms with Crippen LogP contribution in [-0.2, 0) is 0 Å². The Bertz CT molecular complexity index is 703. The van der Waals surface area contributed by atoms with E-state index in [1.807, 2.05) is 6.07 Å². The lowest BCUT2D eigenvalue weighted by molar-refractivity contribution is 0.0970. The van der Waals surface area contributed by atoms with Gasteiger partial charge in [-0.2, -0.15) is 5.26 Å². The van der Waals surface area contributed by atoms with Gasteiger partial charge in [-0.3, -0.25) is 4.79 Å². The van der Waals surface area contributed by atoms with Gasteiger partial charge in [0.05, 0.1) is 17.7 Å². The number of nitrogens with zero attached hydrogens (tertiary/aromatic N) is 4. The molecule has 88 valence electrons. The minimum absolute atomic E-state index is 0.269. The van der Waals surface area contributed by atoms with Crippen LogP contribution in [0.3, 0.4) is 0 Å². The molecule has 0 amide bonds. The smallest absolute Gasteiger partial charge is 0.173 e. The number of Topliss-reactive ketones (excluding diaryl/α,β-unsaturated/α-hetero) is 1. The molecule has 0 saturated heterocycles. The Morgan fingerprint density at radius 3 is 3.06 bits per heavy atom. The van der Waals surface area contributed by atoms with Gasteiger partial charge in [-0.05, 0) is 30.7 Å². The van der Waals surface area contributed by atoms with Gasteiger partial charge in [-0.15, -0.1) is 0 Å². The molecule has 0 bridgehead atoms. The van der Waals surface area contributed by atoms with Crippen molar-refractivity contribution in [3.8, 4) is 6.07 Å². The van der Waals surface area contributed by atoms with E-state index in [0.717, 1.165) is 5.52 Å². The van der Waals surface area contributed by atoms with Crippen molar-refractivity contribution in [3.05, 3.63) is 46.0 Å². The number of carbonyl (C=O) groups excluding carboxylic acids is 1. The van der Waals surface area contributed by atoms with E-state index in [0.29, 0.717) is 16.5 Å². The van der Waals surface area contributed by atoms with Crippen LogP contribution in [0.1, 0.15) is 22.8 Å². The molecule has 18 heavy (non-hydrogen) atoms. The molecule has 0 aliphatic heterocycles. The van der Waals surface area contributed by atoms with Gasteiger partial charge in [-0.25, -0.2) is 0 Å². The van der Waals surface area contributed by atoms with Crippen molar-refractivity contribution < 1.29 is 4.79 Å². The molecule has 6 nitrogen and oxygen atoms in total. The predicted molar refractivity (Wildman–Crippen MR) is 66.0 cm³/mol. The molecule has 1 unspecified atom stereocenters. The van der Waals surface area contributed by atoms with E-state index >= 15 is 0 Å². The molecule has 2 aromatic rings. The van der Waals surface area contributed by atoms with Crippen LogP contribution in [0.25, 0.3) is 21.3 Å². The van der Waals surface area contributed by atoms with Gasteiger partial charge in [-0.1, -0.05) is 5.11 Å². The number of nitriles is 1. The summed E-state index contributed by atoms with van der Waals surface area (Å²) in [5, 5.41) is 12.9. The summed E-state index contributed by atoms with van der Waals surface area (Å²) in [6.07, 6.45) is 1.57. The van der Waals surface area contributed by atoms with Crippen molar-refractivity contribution in [1.82, 2.24) is 4.98 Å². The van der Waals surface area contributed by atoms with E-state index in [1.165, 1.54) is 6.92 Å². The van der Waals surface area contributed by atoms with Crippen LogP contribution < -0.4 is 0 Å². The zero-order chi connectivity index (χ0) is 13.1. The number of benzene rings is 1. The molecule has 0 aliphatic rings. The lowest BCUT2D eigenvalue weighted by Gasteiger charge is -2.02. The van der Waals surface area contributed by atoms with Crippen molar-refractivity contribution in [3.63, 3.8) is 0 Å². The molecule has 1 N–H and O–H groups in total. The molecule has 2 rings (SSSR count). The van der Waals surface area contributed by atoms with Gasteiger partial charge in [0.25, 0.3) is 0 Å². The molecule has 1 atom stereocenters. The average Bonchev–Trinajstić information content (AvgIpc) is 2.80. The Balaban J connectivity index is 2.55. The lowest BCUT2D eigenvalue weighted by atomic mass is 10.0. The number of hydrogen-bond acceptors (Lipinski definition) is 3. The first-order valence-corrected chi connectivity index (χ1v) is 5.27. The van der Waals surface area contributed by atoms with Gasteiger partial charge in [0, 0.05) is 27.6 Å². The Morgan fingerprint density at radius 2 is 2.39 bits per heavy atom. The number of fused-ring (bicyclic) bond motifs is 1. The Hall–Kier alpha value is -2.77. The van der Waals surface area contributed by atoms with Crippen molar-refractivity contribution >= 4 is 16.7 Å². The van der Waals surface area contributed by atoms with E-state index in [-0.39, 0.29) is 5.78 Å². The van der Waals surface area contributed by atoms with Crippen molar-refractivity contribution in [1.29, 1.82) is 5.26 Å². The minimum Gasteiger partial charge on any atom is -0.360 e. The molecule has 0 radical (unpaired) electrons. The molecule has 1 aromatic heterocycles. The van der Waals surface area contributed by atoms with Crippen molar-refractivity contribution in [2.75, 3.05) is 0 Å². The fourth-order valence-corrected chi connectivity index (χ4v) is 1.75. The topological polar surface area (TPSA) is 105 Å². The molecule has 0 spiro atoms. The molecule has 1 aromatic carbocycles. The average molecular weight is 239 g/mol. The highest BCUT2D eigenvalue weighted by Crippen LogP contribution is 2.21. The number of H-pyrrole nitrogens is 1. The highest BCUT2D eigenvalue weighted by atomic mass is 16.1. The Morgan fingerprint density at radius 1 is 1.61 bits per heavy atom.